The summed E-state index contributed by atoms with van der Waals surface area (Å²) in [5.74, 6) is 0. The number of benzene rings is 1. The van der Waals surface area contributed by atoms with Gasteiger partial charge in [-0.2, -0.15) is 0 Å². The van der Waals surface area contributed by atoms with Crippen LogP contribution in [0.5, 0.6) is 0 Å². The van der Waals surface area contributed by atoms with Gasteiger partial charge in [-0.15, -0.1) is 11.3 Å². The number of para-hydroxylation sites is 1. The molecule has 4 heteroatoms. The molecule has 2 N–H and O–H groups in total. The summed E-state index contributed by atoms with van der Waals surface area (Å²) in [5.41, 5.74) is 1.16. The Hall–Kier alpha value is -1.39. The lowest BCUT2D eigenvalue weighted by Crippen LogP contribution is -2.25. The first-order valence-corrected chi connectivity index (χ1v) is 6.66. The van der Waals surface area contributed by atoms with Gasteiger partial charge >= 0.3 is 0 Å². The van der Waals surface area contributed by atoms with Crippen molar-refractivity contribution in [3.8, 4) is 0 Å². The van der Waals surface area contributed by atoms with E-state index < -0.39 is 0 Å². The van der Waals surface area contributed by atoms with Crippen LogP contribution in [0.15, 0.2) is 41.9 Å². The summed E-state index contributed by atoms with van der Waals surface area (Å²) in [6.07, 6.45) is 1.85. The van der Waals surface area contributed by atoms with E-state index >= 15 is 0 Å². The van der Waals surface area contributed by atoms with Gasteiger partial charge in [0.15, 0.2) is 0 Å². The topological polar surface area (TPSA) is 37.0 Å². The van der Waals surface area contributed by atoms with Crippen molar-refractivity contribution in [1.82, 2.24) is 10.3 Å². The quantitative estimate of drug-likeness (QED) is 0.771. The third kappa shape index (κ3) is 3.84. The Morgan fingerprint density at radius 3 is 2.76 bits per heavy atom. The summed E-state index contributed by atoms with van der Waals surface area (Å²) in [4.78, 5) is 4.29. The molecule has 0 radical (unpaired) electrons. The largest absolute Gasteiger partial charge is 0.384 e. The van der Waals surface area contributed by atoms with Gasteiger partial charge in [-0.25, -0.2) is 4.98 Å². The van der Waals surface area contributed by atoms with Crippen molar-refractivity contribution in [2.24, 2.45) is 0 Å². The standard InChI is InChI=1S/C13H17N3S/c1-11(13-16-9-10-17-13)14-7-8-15-12-5-3-2-4-6-12/h2-6,9-11,14-15H,7-8H2,1H3. The van der Waals surface area contributed by atoms with Crippen molar-refractivity contribution in [2.75, 3.05) is 18.4 Å². The molecule has 0 saturated heterocycles. The number of nitrogens with zero attached hydrogens (tertiary/aromatic N) is 1. The van der Waals surface area contributed by atoms with E-state index in [9.17, 15) is 0 Å². The zero-order valence-electron chi connectivity index (χ0n) is 9.89. The fourth-order valence-electron chi connectivity index (χ4n) is 1.59. The Morgan fingerprint density at radius 1 is 1.24 bits per heavy atom. The lowest BCUT2D eigenvalue weighted by Gasteiger charge is -2.12. The molecule has 0 aliphatic rings. The van der Waals surface area contributed by atoms with Crippen molar-refractivity contribution < 1.29 is 0 Å². The van der Waals surface area contributed by atoms with Gasteiger partial charge < -0.3 is 10.6 Å². The van der Waals surface area contributed by atoms with Crippen molar-refractivity contribution in [3.63, 3.8) is 0 Å². The molecule has 0 aliphatic carbocycles. The third-order valence-electron chi connectivity index (χ3n) is 2.50. The second-order valence-corrected chi connectivity index (χ2v) is 4.77. The normalized spacial score (nSPS) is 12.3. The molecule has 0 bridgehead atoms. The van der Waals surface area contributed by atoms with Crippen LogP contribution in [0.4, 0.5) is 5.69 Å². The van der Waals surface area contributed by atoms with Gasteiger partial charge in [0.2, 0.25) is 0 Å². The van der Waals surface area contributed by atoms with Crippen LogP contribution in [-0.2, 0) is 0 Å². The first-order valence-electron chi connectivity index (χ1n) is 5.78. The highest BCUT2D eigenvalue weighted by atomic mass is 32.1. The first-order chi connectivity index (χ1) is 8.36. The Bertz CT molecular complexity index is 413. The number of anilines is 1. The highest BCUT2D eigenvalue weighted by molar-refractivity contribution is 7.09. The maximum atomic E-state index is 4.29. The van der Waals surface area contributed by atoms with Crippen LogP contribution in [-0.4, -0.2) is 18.1 Å². The van der Waals surface area contributed by atoms with Crippen molar-refractivity contribution >= 4 is 17.0 Å². The van der Waals surface area contributed by atoms with Gasteiger partial charge in [-0.05, 0) is 19.1 Å². The lowest BCUT2D eigenvalue weighted by atomic mass is 10.3. The van der Waals surface area contributed by atoms with Crippen LogP contribution >= 0.6 is 11.3 Å². The number of hydrogen-bond acceptors (Lipinski definition) is 4. The van der Waals surface area contributed by atoms with E-state index in [1.807, 2.05) is 29.8 Å². The Kier molecular flexibility index (Phi) is 4.53. The summed E-state index contributed by atoms with van der Waals surface area (Å²) in [7, 11) is 0. The molecule has 2 aromatic rings. The van der Waals surface area contributed by atoms with Gasteiger partial charge in [0.05, 0.1) is 6.04 Å². The molecule has 1 atom stereocenters. The van der Waals surface area contributed by atoms with Gasteiger partial charge in [0, 0.05) is 30.4 Å². The maximum Gasteiger partial charge on any atom is 0.109 e. The highest BCUT2D eigenvalue weighted by Gasteiger charge is 2.05. The summed E-state index contributed by atoms with van der Waals surface area (Å²) in [6.45, 7) is 3.98. The van der Waals surface area contributed by atoms with E-state index in [1.54, 1.807) is 11.3 Å². The van der Waals surface area contributed by atoms with Crippen LogP contribution in [0.2, 0.25) is 0 Å². The second kappa shape index (κ2) is 6.37. The smallest absolute Gasteiger partial charge is 0.109 e. The number of nitrogens with one attached hydrogen (secondary N) is 2. The van der Waals surface area contributed by atoms with Crippen LogP contribution < -0.4 is 10.6 Å². The van der Waals surface area contributed by atoms with Crippen LogP contribution in [0, 0.1) is 0 Å². The molecule has 2 rings (SSSR count). The molecule has 0 spiro atoms. The molecule has 1 heterocycles. The van der Waals surface area contributed by atoms with Crippen molar-refractivity contribution in [2.45, 2.75) is 13.0 Å². The van der Waals surface area contributed by atoms with Crippen molar-refractivity contribution in [3.05, 3.63) is 46.9 Å². The minimum absolute atomic E-state index is 0.326. The second-order valence-electron chi connectivity index (χ2n) is 3.84. The van der Waals surface area contributed by atoms with E-state index in [0.717, 1.165) is 23.8 Å². The molecule has 17 heavy (non-hydrogen) atoms. The minimum Gasteiger partial charge on any atom is -0.384 e. The summed E-state index contributed by atoms with van der Waals surface area (Å²) < 4.78 is 0. The van der Waals surface area contributed by atoms with E-state index in [4.69, 9.17) is 0 Å². The number of thiazole rings is 1. The molecular formula is C13H17N3S. The predicted molar refractivity (Wildman–Crippen MR) is 73.5 cm³/mol. The molecule has 90 valence electrons. The zero-order chi connectivity index (χ0) is 11.9. The Balaban J connectivity index is 1.67. The summed E-state index contributed by atoms with van der Waals surface area (Å²) in [5, 5.41) is 9.96. The van der Waals surface area contributed by atoms with Gasteiger partial charge in [0.1, 0.15) is 5.01 Å². The Labute approximate surface area is 106 Å². The van der Waals surface area contributed by atoms with E-state index in [1.165, 1.54) is 0 Å². The average molecular weight is 247 g/mol. The van der Waals surface area contributed by atoms with Crippen molar-refractivity contribution in [1.29, 1.82) is 0 Å². The predicted octanol–water partition coefficient (Wildman–Crippen LogP) is 2.91. The molecule has 0 aliphatic heterocycles. The average Bonchev–Trinajstić information content (AvgIpc) is 2.89. The van der Waals surface area contributed by atoms with Crippen LogP contribution in [0.3, 0.4) is 0 Å². The fraction of sp³-hybridized carbons (Fsp3) is 0.308. The van der Waals surface area contributed by atoms with Gasteiger partial charge in [-0.3, -0.25) is 0 Å². The number of aromatic nitrogens is 1. The molecule has 0 fully saturated rings. The van der Waals surface area contributed by atoms with E-state index in [2.05, 4.69) is 34.7 Å². The van der Waals surface area contributed by atoms with Gasteiger partial charge in [0.25, 0.3) is 0 Å². The number of rotatable bonds is 6. The van der Waals surface area contributed by atoms with Crippen LogP contribution in [0.1, 0.15) is 18.0 Å². The molecular weight excluding hydrogens is 230 g/mol. The van der Waals surface area contributed by atoms with Crippen LogP contribution in [0.25, 0.3) is 0 Å². The highest BCUT2D eigenvalue weighted by Crippen LogP contribution is 2.14. The third-order valence-corrected chi connectivity index (χ3v) is 3.46. The SMILES string of the molecule is CC(NCCNc1ccccc1)c1nccs1. The van der Waals surface area contributed by atoms with E-state index in [-0.39, 0.29) is 0 Å². The molecule has 3 nitrogen and oxygen atoms in total. The monoisotopic (exact) mass is 247 g/mol. The lowest BCUT2D eigenvalue weighted by molar-refractivity contribution is 0.585. The van der Waals surface area contributed by atoms with Gasteiger partial charge in [-0.1, -0.05) is 18.2 Å². The molecule has 1 aromatic heterocycles. The minimum atomic E-state index is 0.326. The van der Waals surface area contributed by atoms with E-state index in [0.29, 0.717) is 6.04 Å². The fourth-order valence-corrected chi connectivity index (χ4v) is 2.26. The Morgan fingerprint density at radius 2 is 2.06 bits per heavy atom. The molecule has 0 saturated carbocycles. The first kappa shape index (κ1) is 12.1. The molecule has 1 aromatic carbocycles. The zero-order valence-corrected chi connectivity index (χ0v) is 10.7. The maximum absolute atomic E-state index is 4.29. The number of hydrogen-bond donors (Lipinski definition) is 2. The molecule has 1 unspecified atom stereocenters. The summed E-state index contributed by atoms with van der Waals surface area (Å²) >= 11 is 1.69. The molecule has 0 amide bonds. The summed E-state index contributed by atoms with van der Waals surface area (Å²) in [6, 6.07) is 10.6.